The number of nitrogens with zero attached hydrogens (tertiary/aromatic N) is 3. The van der Waals surface area contributed by atoms with Gasteiger partial charge in [-0.05, 0) is 115 Å². The SMILES string of the molecule is COc1cc2c(cc1OC)CC(=O)N(CCCN(CCCN1CCc3cc(OC)c(OC)cc3CC1=O)C[C@H]1Cc3cc(OC)c(OC)cc31)CC2.Cl. The van der Waals surface area contributed by atoms with E-state index in [-0.39, 0.29) is 24.2 Å². The van der Waals surface area contributed by atoms with Gasteiger partial charge in [0.2, 0.25) is 11.8 Å². The molecule has 3 aliphatic rings. The number of carbonyl (C=O) groups is 2. The molecule has 1 atom stereocenters. The van der Waals surface area contributed by atoms with E-state index in [2.05, 4.69) is 17.0 Å². The van der Waals surface area contributed by atoms with Crippen LogP contribution in [0, 0.1) is 0 Å². The van der Waals surface area contributed by atoms with Gasteiger partial charge in [-0.2, -0.15) is 0 Å². The number of methoxy groups -OCH3 is 6. The molecule has 1 aliphatic carbocycles. The number of halogens is 1. The number of hydrogen-bond acceptors (Lipinski definition) is 9. The van der Waals surface area contributed by atoms with Gasteiger partial charge in [0.1, 0.15) is 0 Å². The lowest BCUT2D eigenvalue weighted by atomic mass is 9.77. The summed E-state index contributed by atoms with van der Waals surface area (Å²) in [6, 6.07) is 12.1. The molecule has 6 rings (SSSR count). The van der Waals surface area contributed by atoms with Crippen LogP contribution in [0.15, 0.2) is 36.4 Å². The lowest BCUT2D eigenvalue weighted by Crippen LogP contribution is -2.39. The van der Waals surface area contributed by atoms with Gasteiger partial charge in [0, 0.05) is 38.6 Å². The number of rotatable bonds is 16. The fourth-order valence-corrected chi connectivity index (χ4v) is 7.98. The molecule has 12 heteroatoms. The van der Waals surface area contributed by atoms with E-state index >= 15 is 0 Å². The molecule has 0 spiro atoms. The second kappa shape index (κ2) is 18.1. The van der Waals surface area contributed by atoms with Crippen molar-refractivity contribution in [3.63, 3.8) is 0 Å². The Morgan fingerprint density at radius 2 is 0.943 bits per heavy atom. The predicted molar refractivity (Wildman–Crippen MR) is 206 cm³/mol. The van der Waals surface area contributed by atoms with Gasteiger partial charge in [-0.1, -0.05) is 0 Å². The molecule has 0 N–H and O–H groups in total. The minimum Gasteiger partial charge on any atom is -0.493 e. The fraction of sp³-hybridized carbons (Fsp3) is 0.512. The number of amides is 2. The topological polar surface area (TPSA) is 99.2 Å². The standard InChI is InChI=1S/C41H53N3O8.ClH/c1-47-34-18-27-9-15-43(40(45)23-29(27)20-36(34)49-3)13-7-11-42(26-32-17-31-22-38(51-5)39(52-6)25-33(31)32)12-8-14-44-16-10-28-19-35(48-2)37(50-4)21-30(28)24-41(44)46;/h18-22,25,32H,7-17,23-24,26H2,1-6H3;1H/t32-;/m1./s1. The molecule has 0 bridgehead atoms. The molecule has 2 amide bonds. The Morgan fingerprint density at radius 3 is 1.36 bits per heavy atom. The Bertz CT molecular complexity index is 1680. The third kappa shape index (κ3) is 8.90. The van der Waals surface area contributed by atoms with Gasteiger partial charge in [-0.3, -0.25) is 9.59 Å². The number of fused-ring (bicyclic) bond motifs is 3. The number of hydrogen-bond donors (Lipinski definition) is 0. The maximum absolute atomic E-state index is 13.4. The number of carbonyl (C=O) groups excluding carboxylic acids is 2. The number of ether oxygens (including phenoxy) is 6. The largest absolute Gasteiger partial charge is 0.493 e. The van der Waals surface area contributed by atoms with Crippen LogP contribution in [0.1, 0.15) is 52.1 Å². The summed E-state index contributed by atoms with van der Waals surface area (Å²) in [7, 11) is 9.87. The molecule has 0 aromatic heterocycles. The van der Waals surface area contributed by atoms with Crippen LogP contribution in [-0.4, -0.2) is 115 Å². The summed E-state index contributed by atoms with van der Waals surface area (Å²) in [6.07, 6.45) is 4.99. The zero-order valence-electron chi connectivity index (χ0n) is 32.0. The molecule has 2 aliphatic heterocycles. The van der Waals surface area contributed by atoms with Gasteiger partial charge in [0.15, 0.2) is 34.5 Å². The minimum atomic E-state index is 0. The first-order valence-electron chi connectivity index (χ1n) is 18.3. The summed E-state index contributed by atoms with van der Waals surface area (Å²) >= 11 is 0. The third-order valence-electron chi connectivity index (χ3n) is 10.9. The van der Waals surface area contributed by atoms with E-state index in [1.807, 2.05) is 34.1 Å². The first-order chi connectivity index (χ1) is 25.3. The summed E-state index contributed by atoms with van der Waals surface area (Å²) in [4.78, 5) is 33.4. The molecule has 3 aromatic carbocycles. The van der Waals surface area contributed by atoms with E-state index in [9.17, 15) is 9.59 Å². The van der Waals surface area contributed by atoms with E-state index in [1.165, 1.54) is 11.1 Å². The second-order valence-electron chi connectivity index (χ2n) is 13.9. The van der Waals surface area contributed by atoms with Crippen LogP contribution in [0.2, 0.25) is 0 Å². The molecule has 0 unspecified atom stereocenters. The minimum absolute atomic E-state index is 0. The molecule has 0 fully saturated rings. The number of benzene rings is 3. The summed E-state index contributed by atoms with van der Waals surface area (Å²) in [5.41, 5.74) is 6.89. The van der Waals surface area contributed by atoms with Crippen molar-refractivity contribution in [3.8, 4) is 34.5 Å². The Kier molecular flexibility index (Phi) is 13.6. The monoisotopic (exact) mass is 751 g/mol. The molecule has 0 saturated carbocycles. The van der Waals surface area contributed by atoms with Crippen LogP contribution in [-0.2, 0) is 41.7 Å². The van der Waals surface area contributed by atoms with Crippen LogP contribution in [0.5, 0.6) is 34.5 Å². The van der Waals surface area contributed by atoms with Crippen molar-refractivity contribution in [2.24, 2.45) is 0 Å². The highest BCUT2D eigenvalue weighted by Gasteiger charge is 2.31. The lowest BCUT2D eigenvalue weighted by Gasteiger charge is -2.36. The Balaban J connectivity index is 0.00000541. The highest BCUT2D eigenvalue weighted by atomic mass is 35.5. The third-order valence-corrected chi connectivity index (χ3v) is 10.9. The van der Waals surface area contributed by atoms with Gasteiger partial charge >= 0.3 is 0 Å². The van der Waals surface area contributed by atoms with Crippen molar-refractivity contribution in [2.45, 2.75) is 50.9 Å². The van der Waals surface area contributed by atoms with Crippen LogP contribution in [0.4, 0.5) is 0 Å². The quantitative estimate of drug-likeness (QED) is 0.197. The van der Waals surface area contributed by atoms with Crippen molar-refractivity contribution in [3.05, 3.63) is 69.8 Å². The van der Waals surface area contributed by atoms with Crippen molar-refractivity contribution >= 4 is 24.2 Å². The molecule has 2 heterocycles. The van der Waals surface area contributed by atoms with Crippen molar-refractivity contribution in [1.82, 2.24) is 14.7 Å². The Hall–Kier alpha value is -4.35. The van der Waals surface area contributed by atoms with Gasteiger partial charge in [0.05, 0.1) is 55.5 Å². The zero-order valence-corrected chi connectivity index (χ0v) is 32.8. The van der Waals surface area contributed by atoms with E-state index < -0.39 is 0 Å². The van der Waals surface area contributed by atoms with Crippen LogP contribution in [0.25, 0.3) is 0 Å². The van der Waals surface area contributed by atoms with Gasteiger partial charge in [-0.25, -0.2) is 0 Å². The molecule has 3 aromatic rings. The zero-order chi connectivity index (χ0) is 36.8. The van der Waals surface area contributed by atoms with E-state index in [1.54, 1.807) is 42.7 Å². The Labute approximate surface area is 319 Å². The molecule has 288 valence electrons. The smallest absolute Gasteiger partial charge is 0.227 e. The average Bonchev–Trinajstić information content (AvgIpc) is 3.40. The van der Waals surface area contributed by atoms with Crippen LogP contribution in [0.3, 0.4) is 0 Å². The Morgan fingerprint density at radius 1 is 0.566 bits per heavy atom. The fourth-order valence-electron chi connectivity index (χ4n) is 7.98. The van der Waals surface area contributed by atoms with Crippen LogP contribution >= 0.6 is 12.4 Å². The average molecular weight is 752 g/mol. The van der Waals surface area contributed by atoms with E-state index in [4.69, 9.17) is 28.4 Å². The van der Waals surface area contributed by atoms with Gasteiger partial charge < -0.3 is 43.1 Å². The van der Waals surface area contributed by atoms with Crippen molar-refractivity contribution in [1.29, 1.82) is 0 Å². The molecular formula is C41H54ClN3O8. The predicted octanol–water partition coefficient (Wildman–Crippen LogP) is 5.14. The van der Waals surface area contributed by atoms with Crippen molar-refractivity contribution in [2.75, 3.05) is 88.5 Å². The summed E-state index contributed by atoms with van der Waals surface area (Å²) in [6.45, 7) is 5.36. The maximum Gasteiger partial charge on any atom is 0.227 e. The van der Waals surface area contributed by atoms with Gasteiger partial charge in [-0.15, -0.1) is 12.4 Å². The van der Waals surface area contributed by atoms with Crippen LogP contribution < -0.4 is 28.4 Å². The summed E-state index contributed by atoms with van der Waals surface area (Å²) in [5.74, 6) is 4.87. The highest BCUT2D eigenvalue weighted by Crippen LogP contribution is 2.43. The maximum atomic E-state index is 13.4. The molecule has 53 heavy (non-hydrogen) atoms. The van der Waals surface area contributed by atoms with Gasteiger partial charge in [0.25, 0.3) is 0 Å². The van der Waals surface area contributed by atoms with E-state index in [0.717, 1.165) is 85.5 Å². The highest BCUT2D eigenvalue weighted by molar-refractivity contribution is 5.85. The normalized spacial score (nSPS) is 16.3. The van der Waals surface area contributed by atoms with E-state index in [0.29, 0.717) is 67.9 Å². The lowest BCUT2D eigenvalue weighted by molar-refractivity contribution is -0.131. The first-order valence-corrected chi connectivity index (χ1v) is 18.3. The molecular weight excluding hydrogens is 698 g/mol. The molecule has 0 saturated heterocycles. The second-order valence-corrected chi connectivity index (χ2v) is 13.9. The van der Waals surface area contributed by atoms with Crippen molar-refractivity contribution < 1.29 is 38.0 Å². The molecule has 0 radical (unpaired) electrons. The molecule has 11 nitrogen and oxygen atoms in total. The first kappa shape index (κ1) is 39.8. The summed E-state index contributed by atoms with van der Waals surface area (Å²) in [5, 5.41) is 0. The summed E-state index contributed by atoms with van der Waals surface area (Å²) < 4.78 is 33.2.